The molecule has 0 radical (unpaired) electrons. The number of aromatic nitrogens is 1. The Balaban J connectivity index is 1.70. The number of thiophene rings is 1. The number of halogens is 1. The van der Waals surface area contributed by atoms with Crippen molar-refractivity contribution in [2.75, 3.05) is 6.54 Å². The van der Waals surface area contributed by atoms with Crippen molar-refractivity contribution in [3.05, 3.63) is 33.8 Å². The standard InChI is InChI=1S/C22H27ClN2O5S/c1-3-9-24-22(28)29-12-15-11-19(23)31-20(15)17-7-8-18(13(2)25-17)30-16-6-4-5-14(10-16)21(26)27/h7-8,11,14,16H,3-6,9-10,12H2,1-2H3,(H,24,28)(H,26,27)/t14-,16-/m0/s1. The van der Waals surface area contributed by atoms with Gasteiger partial charge in [-0.15, -0.1) is 11.3 Å². The predicted molar refractivity (Wildman–Crippen MR) is 120 cm³/mol. The number of aryl methyl sites for hydroxylation is 1. The first kappa shape index (κ1) is 23.3. The summed E-state index contributed by atoms with van der Waals surface area (Å²) in [4.78, 5) is 28.5. The van der Waals surface area contributed by atoms with Crippen LogP contribution < -0.4 is 10.1 Å². The van der Waals surface area contributed by atoms with Crippen molar-refractivity contribution < 1.29 is 24.2 Å². The number of rotatable bonds is 8. The van der Waals surface area contributed by atoms with E-state index in [2.05, 4.69) is 10.3 Å². The van der Waals surface area contributed by atoms with Crippen LogP contribution in [0.5, 0.6) is 5.75 Å². The van der Waals surface area contributed by atoms with Gasteiger partial charge in [-0.05, 0) is 57.2 Å². The molecule has 3 rings (SSSR count). The van der Waals surface area contributed by atoms with Crippen LogP contribution in [0.1, 0.15) is 50.3 Å². The molecule has 0 bridgehead atoms. The molecule has 2 aromatic rings. The van der Waals surface area contributed by atoms with Crippen molar-refractivity contribution in [2.45, 2.75) is 58.7 Å². The number of nitrogens with zero attached hydrogens (tertiary/aromatic N) is 1. The third kappa shape index (κ3) is 6.33. The number of hydrogen-bond acceptors (Lipinski definition) is 6. The minimum atomic E-state index is -0.758. The van der Waals surface area contributed by atoms with Crippen molar-refractivity contribution in [1.82, 2.24) is 10.3 Å². The zero-order chi connectivity index (χ0) is 22.4. The molecule has 0 aliphatic heterocycles. The highest BCUT2D eigenvalue weighted by Crippen LogP contribution is 2.37. The summed E-state index contributed by atoms with van der Waals surface area (Å²) < 4.78 is 12.0. The number of nitrogens with one attached hydrogen (secondary N) is 1. The van der Waals surface area contributed by atoms with Crippen LogP contribution in [-0.4, -0.2) is 34.8 Å². The van der Waals surface area contributed by atoms with E-state index in [-0.39, 0.29) is 18.6 Å². The van der Waals surface area contributed by atoms with Gasteiger partial charge in [0.05, 0.1) is 32.6 Å². The first-order valence-corrected chi connectivity index (χ1v) is 11.6. The maximum Gasteiger partial charge on any atom is 0.407 e. The molecule has 0 aromatic carbocycles. The average Bonchev–Trinajstić information content (AvgIpc) is 3.13. The summed E-state index contributed by atoms with van der Waals surface area (Å²) in [6, 6.07) is 5.49. The lowest BCUT2D eigenvalue weighted by atomic mass is 9.87. The van der Waals surface area contributed by atoms with Gasteiger partial charge in [0.25, 0.3) is 0 Å². The molecule has 2 heterocycles. The summed E-state index contributed by atoms with van der Waals surface area (Å²) in [5.41, 5.74) is 2.23. The fourth-order valence-electron chi connectivity index (χ4n) is 3.60. The number of aliphatic carboxylic acids is 1. The van der Waals surface area contributed by atoms with E-state index in [1.807, 2.05) is 26.0 Å². The van der Waals surface area contributed by atoms with Crippen LogP contribution in [-0.2, 0) is 16.1 Å². The lowest BCUT2D eigenvalue weighted by Gasteiger charge is -2.27. The molecule has 31 heavy (non-hydrogen) atoms. The predicted octanol–water partition coefficient (Wildman–Crippen LogP) is 5.43. The van der Waals surface area contributed by atoms with Gasteiger partial charge in [-0.25, -0.2) is 9.78 Å². The van der Waals surface area contributed by atoms with Gasteiger partial charge in [0.15, 0.2) is 0 Å². The maximum absolute atomic E-state index is 11.8. The minimum Gasteiger partial charge on any atom is -0.489 e. The molecule has 2 atom stereocenters. The molecule has 1 aliphatic rings. The van der Waals surface area contributed by atoms with Crippen molar-refractivity contribution >= 4 is 35.0 Å². The first-order valence-electron chi connectivity index (χ1n) is 10.4. The number of hydrogen-bond donors (Lipinski definition) is 2. The Bertz CT molecular complexity index is 933. The molecular formula is C22H27ClN2O5S. The second-order valence-corrected chi connectivity index (χ2v) is 9.31. The van der Waals surface area contributed by atoms with Crippen LogP contribution in [0.3, 0.4) is 0 Å². The van der Waals surface area contributed by atoms with Gasteiger partial charge in [-0.3, -0.25) is 4.79 Å². The van der Waals surface area contributed by atoms with Gasteiger partial charge >= 0.3 is 12.1 Å². The van der Waals surface area contributed by atoms with Crippen molar-refractivity contribution in [3.63, 3.8) is 0 Å². The molecule has 1 amide bonds. The summed E-state index contributed by atoms with van der Waals surface area (Å²) >= 11 is 7.59. The van der Waals surface area contributed by atoms with Crippen LogP contribution in [0.25, 0.3) is 10.6 Å². The largest absolute Gasteiger partial charge is 0.489 e. The number of carboxylic acid groups (broad SMARTS) is 1. The van der Waals surface area contributed by atoms with Crippen LogP contribution >= 0.6 is 22.9 Å². The van der Waals surface area contributed by atoms with Gasteiger partial charge in [0.1, 0.15) is 12.4 Å². The molecule has 1 fully saturated rings. The van der Waals surface area contributed by atoms with Gasteiger partial charge < -0.3 is 19.9 Å². The SMILES string of the molecule is CCCNC(=O)OCc1cc(Cl)sc1-c1ccc(O[C@H]2CCC[C@H](C(=O)O)C2)c(C)n1. The Morgan fingerprint density at radius 1 is 1.35 bits per heavy atom. The summed E-state index contributed by atoms with van der Waals surface area (Å²) in [6.45, 7) is 4.50. The number of carboxylic acids is 1. The third-order valence-corrected chi connectivity index (χ3v) is 6.52. The van der Waals surface area contributed by atoms with E-state index in [4.69, 9.17) is 21.1 Å². The molecule has 2 aromatic heterocycles. The lowest BCUT2D eigenvalue weighted by Crippen LogP contribution is -2.29. The van der Waals surface area contributed by atoms with E-state index in [9.17, 15) is 14.7 Å². The quantitative estimate of drug-likeness (QED) is 0.538. The summed E-state index contributed by atoms with van der Waals surface area (Å²) in [5.74, 6) is -0.456. The molecular weight excluding hydrogens is 440 g/mol. The molecule has 1 aliphatic carbocycles. The summed E-state index contributed by atoms with van der Waals surface area (Å²) in [5, 5.41) is 11.9. The molecule has 0 unspecified atom stereocenters. The molecule has 1 saturated carbocycles. The van der Waals surface area contributed by atoms with Crippen LogP contribution in [0, 0.1) is 12.8 Å². The van der Waals surface area contributed by atoms with E-state index in [1.54, 1.807) is 6.07 Å². The Kier molecular flexibility index (Phi) is 8.15. The zero-order valence-corrected chi connectivity index (χ0v) is 19.2. The Morgan fingerprint density at radius 3 is 2.87 bits per heavy atom. The Morgan fingerprint density at radius 2 is 2.16 bits per heavy atom. The van der Waals surface area contributed by atoms with Crippen molar-refractivity contribution in [3.8, 4) is 16.3 Å². The maximum atomic E-state index is 11.8. The van der Waals surface area contributed by atoms with Crippen LogP contribution in [0.4, 0.5) is 4.79 Å². The smallest absolute Gasteiger partial charge is 0.407 e. The molecule has 7 nitrogen and oxygen atoms in total. The van der Waals surface area contributed by atoms with Gasteiger partial charge in [0, 0.05) is 12.1 Å². The number of pyridine rings is 1. The average molecular weight is 467 g/mol. The fourth-order valence-corrected chi connectivity index (χ4v) is 4.82. The van der Waals surface area contributed by atoms with Crippen molar-refractivity contribution in [1.29, 1.82) is 0 Å². The zero-order valence-electron chi connectivity index (χ0n) is 17.7. The monoisotopic (exact) mass is 466 g/mol. The molecule has 9 heteroatoms. The number of carbonyl (C=O) groups excluding carboxylic acids is 1. The van der Waals surface area contributed by atoms with Crippen molar-refractivity contribution in [2.24, 2.45) is 5.92 Å². The van der Waals surface area contributed by atoms with E-state index in [1.165, 1.54) is 11.3 Å². The lowest BCUT2D eigenvalue weighted by molar-refractivity contribution is -0.143. The van der Waals surface area contributed by atoms with Crippen LogP contribution in [0.2, 0.25) is 4.34 Å². The summed E-state index contributed by atoms with van der Waals surface area (Å²) in [7, 11) is 0. The second kappa shape index (κ2) is 10.8. The highest BCUT2D eigenvalue weighted by molar-refractivity contribution is 7.19. The number of amides is 1. The second-order valence-electron chi connectivity index (χ2n) is 7.63. The third-order valence-electron chi connectivity index (χ3n) is 5.20. The first-order chi connectivity index (χ1) is 14.9. The van der Waals surface area contributed by atoms with E-state index < -0.39 is 12.1 Å². The molecule has 0 saturated heterocycles. The normalized spacial score (nSPS) is 18.4. The topological polar surface area (TPSA) is 97.8 Å². The minimum absolute atomic E-state index is 0.103. The number of alkyl carbamates (subject to hydrolysis) is 1. The highest BCUT2D eigenvalue weighted by atomic mass is 35.5. The van der Waals surface area contributed by atoms with Gasteiger partial charge in [-0.2, -0.15) is 0 Å². The number of carbonyl (C=O) groups is 2. The van der Waals surface area contributed by atoms with E-state index in [0.29, 0.717) is 35.2 Å². The Hall–Kier alpha value is -2.32. The summed E-state index contributed by atoms with van der Waals surface area (Å²) in [6.07, 6.45) is 3.14. The molecule has 2 N–H and O–H groups in total. The Labute approximate surface area is 190 Å². The van der Waals surface area contributed by atoms with Gasteiger partial charge in [-0.1, -0.05) is 18.5 Å². The molecule has 168 valence electrons. The van der Waals surface area contributed by atoms with E-state index >= 15 is 0 Å². The van der Waals surface area contributed by atoms with Crippen LogP contribution in [0.15, 0.2) is 18.2 Å². The number of ether oxygens (including phenoxy) is 2. The fraction of sp³-hybridized carbons (Fsp3) is 0.500. The van der Waals surface area contributed by atoms with Gasteiger partial charge in [0.2, 0.25) is 0 Å². The highest BCUT2D eigenvalue weighted by Gasteiger charge is 2.28. The van der Waals surface area contributed by atoms with E-state index in [0.717, 1.165) is 35.4 Å². The molecule has 0 spiro atoms.